The minimum Gasteiger partial charge on any atom is -0.482 e. The Kier molecular flexibility index (Phi) is 7.20. The van der Waals surface area contributed by atoms with Crippen molar-refractivity contribution in [1.29, 1.82) is 0 Å². The topological polar surface area (TPSA) is 88.2 Å². The predicted molar refractivity (Wildman–Crippen MR) is 123 cm³/mol. The van der Waals surface area contributed by atoms with E-state index in [1.165, 1.54) is 10.4 Å². The largest absolute Gasteiger partial charge is 0.482 e. The van der Waals surface area contributed by atoms with Crippen LogP contribution < -0.4 is 15.0 Å². The van der Waals surface area contributed by atoms with E-state index in [1.807, 2.05) is 0 Å². The average molecular weight is 480 g/mol. The van der Waals surface area contributed by atoms with Crippen LogP contribution in [0.3, 0.4) is 0 Å². The van der Waals surface area contributed by atoms with Crippen molar-refractivity contribution in [2.75, 3.05) is 56.2 Å². The van der Waals surface area contributed by atoms with Gasteiger partial charge < -0.3 is 19.7 Å². The quantitative estimate of drug-likeness (QED) is 0.656. The second-order valence-corrected chi connectivity index (χ2v) is 10.0. The van der Waals surface area contributed by atoms with E-state index in [2.05, 4.69) is 10.2 Å². The predicted octanol–water partition coefficient (Wildman–Crippen LogP) is 2.98. The van der Waals surface area contributed by atoms with Crippen LogP contribution in [-0.2, 0) is 19.6 Å². The number of amides is 1. The first-order valence-electron chi connectivity index (χ1n) is 10.6. The number of ether oxygens (including phenoxy) is 2. The van der Waals surface area contributed by atoms with Crippen LogP contribution in [-0.4, -0.2) is 64.6 Å². The number of hydrogen-bond acceptors (Lipinski definition) is 6. The number of nitrogens with one attached hydrogen (secondary N) is 1. The van der Waals surface area contributed by atoms with E-state index in [-0.39, 0.29) is 11.5 Å². The third-order valence-corrected chi connectivity index (χ3v) is 7.70. The summed E-state index contributed by atoms with van der Waals surface area (Å²) in [5, 5.41) is 3.25. The number of anilines is 2. The molecule has 1 amide bonds. The molecule has 0 aromatic heterocycles. The van der Waals surface area contributed by atoms with E-state index < -0.39 is 15.9 Å². The fourth-order valence-corrected chi connectivity index (χ4v) is 5.46. The average Bonchev–Trinajstić information content (AvgIpc) is 3.34. The highest BCUT2D eigenvalue weighted by atomic mass is 35.5. The molecule has 2 fully saturated rings. The SMILES string of the molecule is O=C(COc1ccccc1Cl)Nc1cc(S(=O)(=O)N2CCOCC2)ccc1N1CCCC1. The van der Waals surface area contributed by atoms with Crippen LogP contribution in [0.15, 0.2) is 47.4 Å². The summed E-state index contributed by atoms with van der Waals surface area (Å²) in [6.45, 7) is 2.82. The molecule has 2 aliphatic rings. The van der Waals surface area contributed by atoms with E-state index in [0.29, 0.717) is 42.8 Å². The van der Waals surface area contributed by atoms with Gasteiger partial charge in [0.1, 0.15) is 5.75 Å². The zero-order valence-corrected chi connectivity index (χ0v) is 19.2. The minimum absolute atomic E-state index is 0.143. The number of carbonyl (C=O) groups excluding carboxylic acids is 1. The van der Waals surface area contributed by atoms with Crippen molar-refractivity contribution >= 4 is 38.9 Å². The molecule has 0 bridgehead atoms. The number of para-hydroxylation sites is 1. The summed E-state index contributed by atoms with van der Waals surface area (Å²) in [5.74, 6) is 0.0130. The minimum atomic E-state index is -3.69. The first kappa shape index (κ1) is 22.8. The zero-order chi connectivity index (χ0) is 22.6. The number of nitrogens with zero attached hydrogens (tertiary/aromatic N) is 2. The van der Waals surface area contributed by atoms with Crippen LogP contribution in [0.25, 0.3) is 0 Å². The molecule has 2 aliphatic heterocycles. The molecule has 2 heterocycles. The van der Waals surface area contributed by atoms with Gasteiger partial charge in [0.05, 0.1) is 34.5 Å². The Morgan fingerprint density at radius 2 is 1.78 bits per heavy atom. The van der Waals surface area contributed by atoms with E-state index in [9.17, 15) is 13.2 Å². The number of sulfonamides is 1. The molecular weight excluding hydrogens is 454 g/mol. The standard InChI is InChI=1S/C22H26ClN3O5S/c23-18-5-1-2-6-21(18)31-16-22(27)24-19-15-17(7-8-20(19)25-9-3-4-10-25)32(28,29)26-11-13-30-14-12-26/h1-2,5-8,15H,3-4,9-14,16H2,(H,24,27). The molecule has 2 aromatic rings. The lowest BCUT2D eigenvalue weighted by Crippen LogP contribution is -2.40. The van der Waals surface area contributed by atoms with Crippen molar-refractivity contribution in [2.24, 2.45) is 0 Å². The van der Waals surface area contributed by atoms with Crippen LogP contribution >= 0.6 is 11.6 Å². The number of morpholine rings is 1. The van der Waals surface area contributed by atoms with Crippen LogP contribution in [0.2, 0.25) is 5.02 Å². The maximum Gasteiger partial charge on any atom is 0.262 e. The first-order valence-corrected chi connectivity index (χ1v) is 12.4. The molecule has 0 saturated carbocycles. The van der Waals surface area contributed by atoms with Gasteiger partial charge in [-0.15, -0.1) is 0 Å². The molecule has 4 rings (SSSR count). The lowest BCUT2D eigenvalue weighted by atomic mass is 10.2. The van der Waals surface area contributed by atoms with Crippen molar-refractivity contribution in [1.82, 2.24) is 4.31 Å². The second kappa shape index (κ2) is 10.1. The normalized spacial score (nSPS) is 17.3. The molecular formula is C22H26ClN3O5S. The van der Waals surface area contributed by atoms with E-state index in [4.69, 9.17) is 21.1 Å². The molecule has 2 aromatic carbocycles. The van der Waals surface area contributed by atoms with Crippen molar-refractivity contribution in [3.8, 4) is 5.75 Å². The highest BCUT2D eigenvalue weighted by Crippen LogP contribution is 2.32. The summed E-state index contributed by atoms with van der Waals surface area (Å²) in [7, 11) is -3.69. The molecule has 0 atom stereocenters. The molecule has 0 aliphatic carbocycles. The molecule has 8 nitrogen and oxygen atoms in total. The molecule has 0 radical (unpaired) electrons. The number of hydrogen-bond donors (Lipinski definition) is 1. The molecule has 0 unspecified atom stereocenters. The number of rotatable bonds is 7. The van der Waals surface area contributed by atoms with Crippen molar-refractivity contribution in [3.05, 3.63) is 47.5 Å². The van der Waals surface area contributed by atoms with Crippen LogP contribution in [0.1, 0.15) is 12.8 Å². The first-order chi connectivity index (χ1) is 15.4. The summed E-state index contributed by atoms with van der Waals surface area (Å²) < 4.78 is 38.4. The van der Waals surface area contributed by atoms with Crippen LogP contribution in [0, 0.1) is 0 Å². The molecule has 2 saturated heterocycles. The van der Waals surface area contributed by atoms with Crippen LogP contribution in [0.5, 0.6) is 5.75 Å². The Bertz CT molecular complexity index is 1070. The molecule has 10 heteroatoms. The Balaban J connectivity index is 1.55. The Hall–Kier alpha value is -2.33. The van der Waals surface area contributed by atoms with Crippen molar-refractivity contribution in [2.45, 2.75) is 17.7 Å². The number of benzene rings is 2. The van der Waals surface area contributed by atoms with Gasteiger partial charge in [-0.3, -0.25) is 4.79 Å². The Morgan fingerprint density at radius 3 is 2.50 bits per heavy atom. The van der Waals surface area contributed by atoms with Crippen LogP contribution in [0.4, 0.5) is 11.4 Å². The lowest BCUT2D eigenvalue weighted by Gasteiger charge is -2.27. The monoisotopic (exact) mass is 479 g/mol. The van der Waals surface area contributed by atoms with E-state index in [1.54, 1.807) is 36.4 Å². The van der Waals surface area contributed by atoms with Gasteiger partial charge in [0.2, 0.25) is 10.0 Å². The van der Waals surface area contributed by atoms with Gasteiger partial charge in [0.25, 0.3) is 5.91 Å². The van der Waals surface area contributed by atoms with E-state index >= 15 is 0 Å². The molecule has 1 N–H and O–H groups in total. The number of carbonyl (C=O) groups is 1. The fraction of sp³-hybridized carbons (Fsp3) is 0.409. The van der Waals surface area contributed by atoms with Gasteiger partial charge >= 0.3 is 0 Å². The van der Waals surface area contributed by atoms with E-state index in [0.717, 1.165) is 31.6 Å². The Morgan fingerprint density at radius 1 is 1.06 bits per heavy atom. The molecule has 172 valence electrons. The van der Waals surface area contributed by atoms with Gasteiger partial charge in [-0.05, 0) is 43.2 Å². The highest BCUT2D eigenvalue weighted by molar-refractivity contribution is 7.89. The van der Waals surface area contributed by atoms with Gasteiger partial charge in [0.15, 0.2) is 6.61 Å². The lowest BCUT2D eigenvalue weighted by molar-refractivity contribution is -0.118. The zero-order valence-electron chi connectivity index (χ0n) is 17.6. The fourth-order valence-electron chi connectivity index (χ4n) is 3.84. The smallest absolute Gasteiger partial charge is 0.262 e. The van der Waals surface area contributed by atoms with Crippen molar-refractivity contribution < 1.29 is 22.7 Å². The maximum absolute atomic E-state index is 13.1. The Labute approximate surface area is 193 Å². The van der Waals surface area contributed by atoms with Crippen molar-refractivity contribution in [3.63, 3.8) is 0 Å². The number of halogens is 1. The van der Waals surface area contributed by atoms with Gasteiger partial charge in [-0.2, -0.15) is 4.31 Å². The summed E-state index contributed by atoms with van der Waals surface area (Å²) in [5.41, 5.74) is 1.25. The van der Waals surface area contributed by atoms with Gasteiger partial charge in [0, 0.05) is 26.2 Å². The molecule has 32 heavy (non-hydrogen) atoms. The second-order valence-electron chi connectivity index (χ2n) is 7.66. The summed E-state index contributed by atoms with van der Waals surface area (Å²) in [6, 6.07) is 11.8. The third kappa shape index (κ3) is 5.17. The highest BCUT2D eigenvalue weighted by Gasteiger charge is 2.28. The third-order valence-electron chi connectivity index (χ3n) is 5.49. The summed E-state index contributed by atoms with van der Waals surface area (Å²) >= 11 is 6.08. The van der Waals surface area contributed by atoms with Gasteiger partial charge in [-0.25, -0.2) is 8.42 Å². The molecule has 0 spiro atoms. The summed E-state index contributed by atoms with van der Waals surface area (Å²) in [6.07, 6.45) is 2.10. The summed E-state index contributed by atoms with van der Waals surface area (Å²) in [4.78, 5) is 14.9. The van der Waals surface area contributed by atoms with Gasteiger partial charge in [-0.1, -0.05) is 23.7 Å². The maximum atomic E-state index is 13.1.